The minimum Gasteiger partial charge on any atom is -0.481 e. The zero-order valence-corrected chi connectivity index (χ0v) is 14.3. The van der Waals surface area contributed by atoms with Gasteiger partial charge in [-0.1, -0.05) is 31.4 Å². The van der Waals surface area contributed by atoms with Gasteiger partial charge in [0.2, 0.25) is 5.91 Å². The number of rotatable bonds is 6. The van der Waals surface area contributed by atoms with Gasteiger partial charge in [0.1, 0.15) is 0 Å². The maximum atomic E-state index is 12.9. The van der Waals surface area contributed by atoms with Gasteiger partial charge >= 0.3 is 5.97 Å². The van der Waals surface area contributed by atoms with Gasteiger partial charge in [-0.3, -0.25) is 14.4 Å². The fraction of sp³-hybridized carbons (Fsp3) is 0.526. The van der Waals surface area contributed by atoms with Crippen LogP contribution in [0.3, 0.4) is 0 Å². The first-order valence-electron chi connectivity index (χ1n) is 8.47. The minimum atomic E-state index is -0.962. The van der Waals surface area contributed by atoms with Gasteiger partial charge < -0.3 is 10.4 Å². The minimum absolute atomic E-state index is 0.0679. The molecule has 1 saturated carbocycles. The van der Waals surface area contributed by atoms with Crippen molar-refractivity contribution in [3.63, 3.8) is 0 Å². The average Bonchev–Trinajstić information content (AvgIpc) is 2.55. The van der Waals surface area contributed by atoms with Crippen LogP contribution in [0.4, 0.5) is 5.69 Å². The molecule has 1 aliphatic carbocycles. The lowest BCUT2D eigenvalue weighted by molar-refractivity contribution is -0.145. The zero-order valence-electron chi connectivity index (χ0n) is 14.3. The molecule has 24 heavy (non-hydrogen) atoms. The molecule has 1 aliphatic rings. The Balaban J connectivity index is 2.22. The highest BCUT2D eigenvalue weighted by Gasteiger charge is 2.43. The summed E-state index contributed by atoms with van der Waals surface area (Å²) in [5.41, 5.74) is 0.101. The van der Waals surface area contributed by atoms with Crippen LogP contribution in [0.5, 0.6) is 0 Å². The van der Waals surface area contributed by atoms with E-state index in [4.69, 9.17) is 0 Å². The Morgan fingerprint density at radius 1 is 1.21 bits per heavy atom. The standard InChI is InChI=1S/C19H25NO4/c1-13(21)14-7-6-10-16(11-14)20-18(24)19(2,12-17(22)23)15-8-4-3-5-9-15/h6-7,10-11,15H,3-5,8-9,12H2,1-2H3,(H,20,24)(H,22,23)/t19-/m1/s1. The van der Waals surface area contributed by atoms with Gasteiger partial charge in [-0.2, -0.15) is 0 Å². The van der Waals surface area contributed by atoms with Crippen molar-refractivity contribution in [3.05, 3.63) is 29.8 Å². The van der Waals surface area contributed by atoms with Crippen molar-refractivity contribution in [1.82, 2.24) is 0 Å². The lowest BCUT2D eigenvalue weighted by atomic mass is 9.67. The zero-order chi connectivity index (χ0) is 17.7. The average molecular weight is 331 g/mol. The van der Waals surface area contributed by atoms with Crippen LogP contribution in [0.25, 0.3) is 0 Å². The van der Waals surface area contributed by atoms with Gasteiger partial charge in [0.05, 0.1) is 11.8 Å². The summed E-state index contributed by atoms with van der Waals surface area (Å²) in [5, 5.41) is 12.1. The third kappa shape index (κ3) is 4.22. The fourth-order valence-electron chi connectivity index (χ4n) is 3.55. The molecule has 1 amide bonds. The van der Waals surface area contributed by atoms with E-state index < -0.39 is 11.4 Å². The Labute approximate surface area is 142 Å². The number of benzene rings is 1. The third-order valence-electron chi connectivity index (χ3n) is 5.07. The van der Waals surface area contributed by atoms with Crippen molar-refractivity contribution in [1.29, 1.82) is 0 Å². The summed E-state index contributed by atoms with van der Waals surface area (Å²) >= 11 is 0. The number of carbonyl (C=O) groups is 3. The molecule has 1 fully saturated rings. The second-order valence-electron chi connectivity index (χ2n) is 6.91. The first kappa shape index (κ1) is 18.2. The summed E-state index contributed by atoms with van der Waals surface area (Å²) in [7, 11) is 0. The normalized spacial score (nSPS) is 17.8. The van der Waals surface area contributed by atoms with Crippen molar-refractivity contribution in [2.75, 3.05) is 5.32 Å². The molecule has 1 aromatic rings. The maximum absolute atomic E-state index is 12.9. The topological polar surface area (TPSA) is 83.5 Å². The maximum Gasteiger partial charge on any atom is 0.304 e. The highest BCUT2D eigenvalue weighted by atomic mass is 16.4. The fourth-order valence-corrected chi connectivity index (χ4v) is 3.55. The summed E-state index contributed by atoms with van der Waals surface area (Å²) in [6, 6.07) is 6.74. The van der Waals surface area contributed by atoms with Gasteiger partial charge in [0.15, 0.2) is 5.78 Å². The quantitative estimate of drug-likeness (QED) is 0.775. The monoisotopic (exact) mass is 331 g/mol. The molecule has 0 unspecified atom stereocenters. The summed E-state index contributed by atoms with van der Waals surface area (Å²) in [6.45, 7) is 3.22. The number of carbonyl (C=O) groups excluding carboxylic acids is 2. The van der Waals surface area contributed by atoms with Crippen LogP contribution < -0.4 is 5.32 Å². The molecule has 0 spiro atoms. The first-order valence-corrected chi connectivity index (χ1v) is 8.47. The van der Waals surface area contributed by atoms with Crippen LogP contribution in [0, 0.1) is 11.3 Å². The number of ketones is 1. The molecule has 130 valence electrons. The highest BCUT2D eigenvalue weighted by Crippen LogP contribution is 2.42. The Kier molecular flexibility index (Phi) is 5.75. The summed E-state index contributed by atoms with van der Waals surface area (Å²) in [6.07, 6.45) is 4.78. The summed E-state index contributed by atoms with van der Waals surface area (Å²) in [5.74, 6) is -1.25. The Morgan fingerprint density at radius 3 is 2.46 bits per heavy atom. The van der Waals surface area contributed by atoms with Crippen LogP contribution in [-0.2, 0) is 9.59 Å². The summed E-state index contributed by atoms with van der Waals surface area (Å²) < 4.78 is 0. The highest BCUT2D eigenvalue weighted by molar-refractivity contribution is 5.99. The largest absolute Gasteiger partial charge is 0.481 e. The third-order valence-corrected chi connectivity index (χ3v) is 5.07. The van der Waals surface area contributed by atoms with Crippen molar-refractivity contribution in [2.45, 2.75) is 52.4 Å². The molecule has 5 nitrogen and oxygen atoms in total. The SMILES string of the molecule is CC(=O)c1cccc(NC(=O)[C@](C)(CC(=O)O)C2CCCCC2)c1. The van der Waals surface area contributed by atoms with Crippen LogP contribution in [0.15, 0.2) is 24.3 Å². The van der Waals surface area contributed by atoms with E-state index in [2.05, 4.69) is 5.32 Å². The number of anilines is 1. The molecule has 0 saturated heterocycles. The molecule has 0 bridgehead atoms. The molecule has 0 aromatic heterocycles. The van der Waals surface area contributed by atoms with E-state index >= 15 is 0 Å². The van der Waals surface area contributed by atoms with Crippen molar-refractivity contribution in [2.24, 2.45) is 11.3 Å². The molecule has 0 aliphatic heterocycles. The molecule has 2 N–H and O–H groups in total. The second kappa shape index (κ2) is 7.60. The van der Waals surface area contributed by atoms with Crippen molar-refractivity contribution < 1.29 is 19.5 Å². The van der Waals surface area contributed by atoms with E-state index in [1.165, 1.54) is 6.92 Å². The van der Waals surface area contributed by atoms with Gasteiger partial charge in [-0.15, -0.1) is 0 Å². The van der Waals surface area contributed by atoms with E-state index in [9.17, 15) is 19.5 Å². The van der Waals surface area contributed by atoms with Gasteiger partial charge in [-0.05, 0) is 44.7 Å². The molecule has 1 aromatic carbocycles. The molecule has 0 radical (unpaired) electrons. The van der Waals surface area contributed by atoms with Gasteiger partial charge in [0.25, 0.3) is 0 Å². The lowest BCUT2D eigenvalue weighted by Gasteiger charge is -2.37. The first-order chi connectivity index (χ1) is 11.3. The number of Topliss-reactive ketones (excluding diaryl/α,β-unsaturated/α-hetero) is 1. The molecular formula is C19H25NO4. The van der Waals surface area contributed by atoms with Crippen LogP contribution in [0.1, 0.15) is 62.7 Å². The molecule has 0 heterocycles. The predicted molar refractivity (Wildman–Crippen MR) is 92.0 cm³/mol. The number of nitrogens with one attached hydrogen (secondary N) is 1. The smallest absolute Gasteiger partial charge is 0.304 e. The Bertz CT molecular complexity index is 634. The van der Waals surface area contributed by atoms with Gasteiger partial charge in [-0.25, -0.2) is 0 Å². The summed E-state index contributed by atoms with van der Waals surface area (Å²) in [4.78, 5) is 35.7. The van der Waals surface area contributed by atoms with Crippen LogP contribution in [0.2, 0.25) is 0 Å². The predicted octanol–water partition coefficient (Wildman–Crippen LogP) is 3.89. The molecular weight excluding hydrogens is 306 g/mol. The lowest BCUT2D eigenvalue weighted by Crippen LogP contribution is -2.42. The number of amides is 1. The number of carboxylic acids is 1. The number of carboxylic acid groups (broad SMARTS) is 1. The van der Waals surface area contributed by atoms with E-state index in [0.29, 0.717) is 11.3 Å². The van der Waals surface area contributed by atoms with Gasteiger partial charge in [0, 0.05) is 11.3 Å². The van der Waals surface area contributed by atoms with E-state index in [1.807, 2.05) is 0 Å². The second-order valence-corrected chi connectivity index (χ2v) is 6.91. The van der Waals surface area contributed by atoms with E-state index in [1.54, 1.807) is 31.2 Å². The Morgan fingerprint density at radius 2 is 1.88 bits per heavy atom. The molecule has 5 heteroatoms. The van der Waals surface area contributed by atoms with E-state index in [0.717, 1.165) is 32.1 Å². The van der Waals surface area contributed by atoms with Crippen LogP contribution >= 0.6 is 0 Å². The molecule has 2 rings (SSSR count). The number of hydrogen-bond acceptors (Lipinski definition) is 3. The van der Waals surface area contributed by atoms with Crippen LogP contribution in [-0.4, -0.2) is 22.8 Å². The Hall–Kier alpha value is -2.17. The van der Waals surface area contributed by atoms with Crippen molar-refractivity contribution >= 4 is 23.3 Å². The van der Waals surface area contributed by atoms with Crippen molar-refractivity contribution in [3.8, 4) is 0 Å². The molecule has 1 atom stereocenters. The number of aliphatic carboxylic acids is 1. The van der Waals surface area contributed by atoms with E-state index in [-0.39, 0.29) is 24.0 Å². The number of hydrogen-bond donors (Lipinski definition) is 2.